The molecular formula is C23H29NO2S2. The number of benzene rings is 1. The smallest absolute Gasteiger partial charge is 0.118 e. The van der Waals surface area contributed by atoms with Crippen LogP contribution in [0.5, 0.6) is 5.75 Å². The number of rotatable bonds is 6. The van der Waals surface area contributed by atoms with Gasteiger partial charge in [-0.1, -0.05) is 25.1 Å². The van der Waals surface area contributed by atoms with E-state index in [9.17, 15) is 5.11 Å². The fraction of sp³-hybridized carbons (Fsp3) is 0.478. The fourth-order valence-electron chi connectivity index (χ4n) is 4.43. The van der Waals surface area contributed by atoms with Gasteiger partial charge in [-0.2, -0.15) is 0 Å². The standard InChI is InChI=1S/C23H29NO2S2/c1-17(18-8-10-20(26-2)11-9-18)23(22(25)21-7-6-14-27-21)15-19(16-28-23)24-12-4-3-5-13-24/h6-11,14,16-17,22,25H,3-5,12-13,15H2,1-2H3. The van der Waals surface area contributed by atoms with Gasteiger partial charge in [0.2, 0.25) is 0 Å². The van der Waals surface area contributed by atoms with E-state index in [4.69, 9.17) is 4.74 Å². The molecule has 0 saturated carbocycles. The molecule has 0 bridgehead atoms. The van der Waals surface area contributed by atoms with Gasteiger partial charge in [-0.15, -0.1) is 23.1 Å². The van der Waals surface area contributed by atoms with Crippen LogP contribution in [0.3, 0.4) is 0 Å². The molecule has 3 nitrogen and oxygen atoms in total. The molecule has 150 valence electrons. The monoisotopic (exact) mass is 415 g/mol. The molecule has 2 aliphatic rings. The first-order valence-corrected chi connectivity index (χ1v) is 11.9. The van der Waals surface area contributed by atoms with E-state index < -0.39 is 6.10 Å². The zero-order valence-electron chi connectivity index (χ0n) is 16.6. The van der Waals surface area contributed by atoms with Crippen molar-refractivity contribution in [2.75, 3.05) is 20.2 Å². The van der Waals surface area contributed by atoms with Gasteiger partial charge in [-0.25, -0.2) is 0 Å². The van der Waals surface area contributed by atoms with Crippen LogP contribution in [-0.4, -0.2) is 35.0 Å². The van der Waals surface area contributed by atoms with E-state index in [0.717, 1.165) is 30.1 Å². The number of piperidine rings is 1. The summed E-state index contributed by atoms with van der Waals surface area (Å²) in [6.07, 6.45) is 4.30. The molecular weight excluding hydrogens is 386 g/mol. The predicted molar refractivity (Wildman–Crippen MR) is 119 cm³/mol. The van der Waals surface area contributed by atoms with Crippen molar-refractivity contribution in [3.05, 3.63) is 63.3 Å². The Balaban J connectivity index is 1.64. The van der Waals surface area contributed by atoms with Gasteiger partial charge in [0.05, 0.1) is 11.9 Å². The maximum absolute atomic E-state index is 11.5. The van der Waals surface area contributed by atoms with Crippen LogP contribution in [0.15, 0.2) is 52.9 Å². The highest BCUT2D eigenvalue weighted by Gasteiger charge is 2.49. The Morgan fingerprint density at radius 3 is 2.50 bits per heavy atom. The summed E-state index contributed by atoms with van der Waals surface area (Å²) in [7, 11) is 1.70. The SMILES string of the molecule is COc1ccc(C(C)C2(C(O)c3cccs3)CC(N3CCCCC3)=CS2)cc1. The van der Waals surface area contributed by atoms with Crippen LogP contribution in [-0.2, 0) is 0 Å². The lowest BCUT2D eigenvalue weighted by Gasteiger charge is -2.40. The number of thiophene rings is 1. The van der Waals surface area contributed by atoms with Crippen molar-refractivity contribution in [1.82, 2.24) is 4.90 Å². The largest absolute Gasteiger partial charge is 0.497 e. The van der Waals surface area contributed by atoms with Gasteiger partial charge in [0.1, 0.15) is 11.9 Å². The molecule has 3 heterocycles. The van der Waals surface area contributed by atoms with E-state index in [2.05, 4.69) is 40.8 Å². The number of allylic oxidation sites excluding steroid dienone is 1. The summed E-state index contributed by atoms with van der Waals surface area (Å²) in [6.45, 7) is 4.56. The number of ether oxygens (including phenoxy) is 1. The Hall–Kier alpha value is -1.43. The molecule has 5 heteroatoms. The van der Waals surface area contributed by atoms with E-state index in [1.165, 1.54) is 30.5 Å². The molecule has 28 heavy (non-hydrogen) atoms. The van der Waals surface area contributed by atoms with Gasteiger partial charge in [-0.3, -0.25) is 0 Å². The second kappa shape index (κ2) is 8.52. The summed E-state index contributed by atoms with van der Waals surface area (Å²) in [4.78, 5) is 3.60. The van der Waals surface area contributed by atoms with Gasteiger partial charge >= 0.3 is 0 Å². The summed E-state index contributed by atoms with van der Waals surface area (Å²) >= 11 is 3.48. The molecule has 2 aliphatic heterocycles. The topological polar surface area (TPSA) is 32.7 Å². The third kappa shape index (κ3) is 3.72. The van der Waals surface area contributed by atoms with Gasteiger partial charge < -0.3 is 14.7 Å². The number of aliphatic hydroxyl groups is 1. The zero-order chi connectivity index (χ0) is 19.6. The van der Waals surface area contributed by atoms with Gasteiger partial charge in [0.25, 0.3) is 0 Å². The van der Waals surface area contributed by atoms with Crippen LogP contribution in [0.2, 0.25) is 0 Å². The minimum Gasteiger partial charge on any atom is -0.497 e. The van der Waals surface area contributed by atoms with Crippen molar-refractivity contribution >= 4 is 23.1 Å². The van der Waals surface area contributed by atoms with Crippen molar-refractivity contribution in [3.63, 3.8) is 0 Å². The molecule has 1 N–H and O–H groups in total. The summed E-state index contributed by atoms with van der Waals surface area (Å²) in [5.74, 6) is 1.08. The molecule has 3 atom stereocenters. The van der Waals surface area contributed by atoms with Gasteiger partial charge in [-0.05, 0) is 59.7 Å². The highest BCUT2D eigenvalue weighted by atomic mass is 32.2. The molecule has 1 aromatic heterocycles. The van der Waals surface area contributed by atoms with E-state index in [-0.39, 0.29) is 10.7 Å². The molecule has 0 aliphatic carbocycles. The number of hydrogen-bond acceptors (Lipinski definition) is 5. The molecule has 0 amide bonds. The molecule has 2 aromatic rings. The Kier molecular flexibility index (Phi) is 6.04. The van der Waals surface area contributed by atoms with Crippen molar-refractivity contribution in [1.29, 1.82) is 0 Å². The first-order valence-electron chi connectivity index (χ1n) is 10.1. The first-order chi connectivity index (χ1) is 13.6. The van der Waals surface area contributed by atoms with E-state index >= 15 is 0 Å². The number of thioether (sulfide) groups is 1. The van der Waals surface area contributed by atoms with Crippen molar-refractivity contribution < 1.29 is 9.84 Å². The average molecular weight is 416 g/mol. The third-order valence-corrected chi connectivity index (χ3v) is 8.73. The summed E-state index contributed by atoms with van der Waals surface area (Å²) in [6, 6.07) is 12.4. The van der Waals surface area contributed by atoms with Crippen LogP contribution in [0, 0.1) is 0 Å². The number of nitrogens with zero attached hydrogens (tertiary/aromatic N) is 1. The minimum absolute atomic E-state index is 0.207. The summed E-state index contributed by atoms with van der Waals surface area (Å²) < 4.78 is 5.05. The van der Waals surface area contributed by atoms with Crippen LogP contribution in [0.4, 0.5) is 0 Å². The molecule has 0 spiro atoms. The number of likely N-dealkylation sites (tertiary alicyclic amines) is 1. The second-order valence-corrected chi connectivity index (χ2v) is 10.0. The first kappa shape index (κ1) is 19.9. The second-order valence-electron chi connectivity index (χ2n) is 7.82. The van der Waals surface area contributed by atoms with E-state index in [1.807, 2.05) is 30.0 Å². The van der Waals surface area contributed by atoms with Gasteiger partial charge in [0, 0.05) is 30.1 Å². The third-order valence-electron chi connectivity index (χ3n) is 6.26. The van der Waals surface area contributed by atoms with E-state index in [1.54, 1.807) is 18.4 Å². The molecule has 3 unspecified atom stereocenters. The van der Waals surface area contributed by atoms with Crippen LogP contribution in [0.25, 0.3) is 0 Å². The predicted octanol–water partition coefficient (Wildman–Crippen LogP) is 5.80. The Morgan fingerprint density at radius 1 is 1.11 bits per heavy atom. The average Bonchev–Trinajstić information content (AvgIpc) is 3.44. The molecule has 4 rings (SSSR count). The maximum atomic E-state index is 11.5. The van der Waals surface area contributed by atoms with Crippen molar-refractivity contribution in [2.24, 2.45) is 0 Å². The number of hydrogen-bond donors (Lipinski definition) is 1. The van der Waals surface area contributed by atoms with Crippen LogP contribution >= 0.6 is 23.1 Å². The lowest BCUT2D eigenvalue weighted by atomic mass is 9.79. The van der Waals surface area contributed by atoms with Crippen molar-refractivity contribution in [3.8, 4) is 5.75 Å². The molecule has 1 aromatic carbocycles. The summed E-state index contributed by atoms with van der Waals surface area (Å²) in [5.41, 5.74) is 2.65. The number of aliphatic hydroxyl groups excluding tert-OH is 1. The highest BCUT2D eigenvalue weighted by Crippen LogP contribution is 2.57. The lowest BCUT2D eigenvalue weighted by Crippen LogP contribution is -2.38. The maximum Gasteiger partial charge on any atom is 0.118 e. The van der Waals surface area contributed by atoms with Crippen LogP contribution in [0.1, 0.15) is 55.1 Å². The molecule has 0 radical (unpaired) electrons. The molecule has 1 saturated heterocycles. The van der Waals surface area contributed by atoms with Crippen LogP contribution < -0.4 is 4.74 Å². The van der Waals surface area contributed by atoms with Crippen molar-refractivity contribution in [2.45, 2.75) is 49.4 Å². The Morgan fingerprint density at radius 2 is 1.86 bits per heavy atom. The van der Waals surface area contributed by atoms with E-state index in [0.29, 0.717) is 0 Å². The summed E-state index contributed by atoms with van der Waals surface area (Å²) in [5, 5.41) is 15.9. The lowest BCUT2D eigenvalue weighted by molar-refractivity contribution is 0.116. The van der Waals surface area contributed by atoms with Gasteiger partial charge in [0.15, 0.2) is 0 Å². The normalized spacial score (nSPS) is 24.7. The Labute approximate surface area is 176 Å². The molecule has 1 fully saturated rings. The quantitative estimate of drug-likeness (QED) is 0.647. The number of methoxy groups -OCH3 is 1. The zero-order valence-corrected chi connectivity index (χ0v) is 18.3. The minimum atomic E-state index is -0.492. The highest BCUT2D eigenvalue weighted by molar-refractivity contribution is 8.03. The fourth-order valence-corrected chi connectivity index (χ4v) is 6.73. The Bertz CT molecular complexity index is 797.